The van der Waals surface area contributed by atoms with Gasteiger partial charge in [0.15, 0.2) is 0 Å². The Labute approximate surface area is 132 Å². The van der Waals surface area contributed by atoms with Crippen LogP contribution in [0.5, 0.6) is 0 Å². The Kier molecular flexibility index (Phi) is 3.36. The molecule has 0 fully saturated rings. The molecule has 0 spiro atoms. The van der Waals surface area contributed by atoms with E-state index in [1.165, 1.54) is 0 Å². The maximum Gasteiger partial charge on any atom is 0.437 e. The molecule has 0 aromatic carbocycles. The Hall–Kier alpha value is -3.36. The Bertz CT molecular complexity index is 827. The standard InChI is InChI=1S/C14H10BN8/c1-7-22(20-11(1)13-9-16-3-5-18-13)15-23-8-2-12(21-23)14-10-17-4-6-19-14/h1-10H. The molecule has 0 N–H and O–H groups in total. The van der Waals surface area contributed by atoms with Gasteiger partial charge in [0.1, 0.15) is 22.8 Å². The van der Waals surface area contributed by atoms with Crippen LogP contribution in [0.15, 0.2) is 61.7 Å². The van der Waals surface area contributed by atoms with Crippen LogP contribution in [0.1, 0.15) is 0 Å². The lowest BCUT2D eigenvalue weighted by molar-refractivity contribution is 0.885. The summed E-state index contributed by atoms with van der Waals surface area (Å²) in [5.41, 5.74) is 2.94. The van der Waals surface area contributed by atoms with Crippen LogP contribution in [-0.4, -0.2) is 46.9 Å². The molecule has 4 aromatic heterocycles. The Balaban J connectivity index is 1.53. The molecule has 9 heteroatoms. The smallest absolute Gasteiger partial charge is 0.292 e. The highest BCUT2D eigenvalue weighted by Crippen LogP contribution is 2.13. The second kappa shape index (κ2) is 5.80. The zero-order valence-electron chi connectivity index (χ0n) is 11.9. The minimum Gasteiger partial charge on any atom is -0.292 e. The molecule has 0 aliphatic carbocycles. The van der Waals surface area contributed by atoms with Gasteiger partial charge in [-0.2, -0.15) is 10.2 Å². The summed E-state index contributed by atoms with van der Waals surface area (Å²) in [5.74, 6) is 0. The van der Waals surface area contributed by atoms with Crippen LogP contribution >= 0.6 is 0 Å². The Morgan fingerprint density at radius 1 is 0.652 bits per heavy atom. The van der Waals surface area contributed by atoms with Gasteiger partial charge in [-0.05, 0) is 12.1 Å². The molecule has 4 aromatic rings. The molecule has 0 aliphatic heterocycles. The van der Waals surface area contributed by atoms with Gasteiger partial charge in [-0.3, -0.25) is 29.1 Å². The molecule has 0 bridgehead atoms. The minimum atomic E-state index is 0.723. The maximum atomic E-state index is 4.43. The van der Waals surface area contributed by atoms with Gasteiger partial charge >= 0.3 is 7.55 Å². The van der Waals surface area contributed by atoms with Crippen molar-refractivity contribution >= 4 is 7.55 Å². The van der Waals surface area contributed by atoms with E-state index < -0.39 is 0 Å². The molecule has 0 unspecified atom stereocenters. The minimum absolute atomic E-state index is 0.723. The van der Waals surface area contributed by atoms with E-state index in [-0.39, 0.29) is 0 Å². The van der Waals surface area contributed by atoms with Gasteiger partial charge in [0.05, 0.1) is 12.4 Å². The van der Waals surface area contributed by atoms with Gasteiger partial charge in [0.2, 0.25) is 0 Å². The summed E-state index contributed by atoms with van der Waals surface area (Å²) in [4.78, 5) is 16.5. The fourth-order valence-corrected chi connectivity index (χ4v) is 2.06. The maximum absolute atomic E-state index is 4.43. The summed E-state index contributed by atoms with van der Waals surface area (Å²) in [6.07, 6.45) is 13.5. The number of nitrogens with zero attached hydrogens (tertiary/aromatic N) is 8. The van der Waals surface area contributed by atoms with E-state index in [1.807, 2.05) is 24.5 Å². The lowest BCUT2D eigenvalue weighted by Gasteiger charge is -1.99. The van der Waals surface area contributed by atoms with Crippen LogP contribution < -0.4 is 0 Å². The molecule has 0 atom stereocenters. The molecule has 4 rings (SSSR count). The summed E-state index contributed by atoms with van der Waals surface area (Å²) < 4.78 is 3.33. The first-order chi connectivity index (χ1) is 11.4. The summed E-state index contributed by atoms with van der Waals surface area (Å²) >= 11 is 0. The van der Waals surface area contributed by atoms with Crippen molar-refractivity contribution in [2.45, 2.75) is 0 Å². The lowest BCUT2D eigenvalue weighted by Crippen LogP contribution is -2.17. The zero-order valence-corrected chi connectivity index (χ0v) is 11.9. The van der Waals surface area contributed by atoms with E-state index in [4.69, 9.17) is 0 Å². The van der Waals surface area contributed by atoms with Crippen molar-refractivity contribution < 1.29 is 0 Å². The lowest BCUT2D eigenvalue weighted by atomic mass is 10.2. The quantitative estimate of drug-likeness (QED) is 0.521. The largest absolute Gasteiger partial charge is 0.437 e. The van der Waals surface area contributed by atoms with Gasteiger partial charge in [-0.25, -0.2) is 0 Å². The third-order valence-electron chi connectivity index (χ3n) is 3.10. The molecular weight excluding hydrogens is 291 g/mol. The fraction of sp³-hybridized carbons (Fsp3) is 0. The number of aromatic nitrogens is 8. The Morgan fingerprint density at radius 3 is 1.61 bits per heavy atom. The van der Waals surface area contributed by atoms with Crippen LogP contribution in [0, 0.1) is 0 Å². The average molecular weight is 301 g/mol. The van der Waals surface area contributed by atoms with E-state index >= 15 is 0 Å². The fourth-order valence-electron chi connectivity index (χ4n) is 2.06. The first kappa shape index (κ1) is 13.3. The van der Waals surface area contributed by atoms with E-state index in [9.17, 15) is 0 Å². The number of hydrogen-bond donors (Lipinski definition) is 0. The summed E-state index contributed by atoms with van der Waals surface area (Å²) in [6, 6.07) is 3.74. The van der Waals surface area contributed by atoms with Crippen molar-refractivity contribution in [1.29, 1.82) is 0 Å². The summed E-state index contributed by atoms with van der Waals surface area (Å²) in [7, 11) is 1.75. The SMILES string of the molecule is [B](n1ccc(-c2cnccn2)n1)n1ccc(-c2cnccn2)n1. The van der Waals surface area contributed by atoms with Crippen molar-refractivity contribution in [1.82, 2.24) is 39.3 Å². The Morgan fingerprint density at radius 2 is 1.17 bits per heavy atom. The second-order valence-corrected chi connectivity index (χ2v) is 4.66. The third kappa shape index (κ3) is 2.84. The van der Waals surface area contributed by atoms with Crippen molar-refractivity contribution in [3.8, 4) is 22.8 Å². The third-order valence-corrected chi connectivity index (χ3v) is 3.10. The first-order valence-electron chi connectivity index (χ1n) is 6.86. The molecule has 1 radical (unpaired) electrons. The highest BCUT2D eigenvalue weighted by molar-refractivity contribution is 6.30. The van der Waals surface area contributed by atoms with Gasteiger partial charge in [0.25, 0.3) is 0 Å². The van der Waals surface area contributed by atoms with Gasteiger partial charge in [-0.1, -0.05) is 0 Å². The molecular formula is C14H10BN8. The van der Waals surface area contributed by atoms with E-state index in [1.54, 1.807) is 53.9 Å². The molecule has 4 heterocycles. The van der Waals surface area contributed by atoms with Crippen LogP contribution in [-0.2, 0) is 0 Å². The van der Waals surface area contributed by atoms with Gasteiger partial charge in [0, 0.05) is 37.2 Å². The van der Waals surface area contributed by atoms with Crippen LogP contribution in [0.3, 0.4) is 0 Å². The predicted octanol–water partition coefficient (Wildman–Crippen LogP) is 0.924. The van der Waals surface area contributed by atoms with Crippen molar-refractivity contribution in [2.24, 2.45) is 0 Å². The van der Waals surface area contributed by atoms with E-state index in [0.29, 0.717) is 0 Å². The molecule has 0 saturated carbocycles. The van der Waals surface area contributed by atoms with Crippen molar-refractivity contribution in [2.75, 3.05) is 0 Å². The monoisotopic (exact) mass is 301 g/mol. The topological polar surface area (TPSA) is 87.2 Å². The molecule has 0 saturated heterocycles. The van der Waals surface area contributed by atoms with Gasteiger partial charge < -0.3 is 0 Å². The summed E-state index contributed by atoms with van der Waals surface area (Å²) in [6.45, 7) is 0. The first-order valence-corrected chi connectivity index (χ1v) is 6.86. The zero-order chi connectivity index (χ0) is 15.5. The summed E-state index contributed by atoms with van der Waals surface area (Å²) in [5, 5.41) is 8.86. The molecule has 109 valence electrons. The number of rotatable bonds is 4. The van der Waals surface area contributed by atoms with Crippen LogP contribution in [0.4, 0.5) is 0 Å². The average Bonchev–Trinajstić information content (AvgIpc) is 3.27. The van der Waals surface area contributed by atoms with Crippen LogP contribution in [0.25, 0.3) is 22.8 Å². The molecule has 0 aliphatic rings. The highest BCUT2D eigenvalue weighted by Gasteiger charge is 2.08. The second-order valence-electron chi connectivity index (χ2n) is 4.66. The van der Waals surface area contributed by atoms with Crippen molar-refractivity contribution in [3.63, 3.8) is 0 Å². The van der Waals surface area contributed by atoms with E-state index in [0.717, 1.165) is 22.8 Å². The number of hydrogen-bond acceptors (Lipinski definition) is 6. The van der Waals surface area contributed by atoms with Gasteiger partial charge in [-0.15, -0.1) is 0 Å². The molecule has 0 amide bonds. The highest BCUT2D eigenvalue weighted by atomic mass is 15.3. The predicted molar refractivity (Wildman–Crippen MR) is 83.1 cm³/mol. The molecule has 8 nitrogen and oxygen atoms in total. The molecule has 23 heavy (non-hydrogen) atoms. The van der Waals surface area contributed by atoms with E-state index in [2.05, 4.69) is 30.1 Å². The normalized spacial score (nSPS) is 10.6. The van der Waals surface area contributed by atoms with Crippen molar-refractivity contribution in [3.05, 3.63) is 61.7 Å². The van der Waals surface area contributed by atoms with Crippen LogP contribution in [0.2, 0.25) is 0 Å².